The summed E-state index contributed by atoms with van der Waals surface area (Å²) in [5.41, 5.74) is 1.29. The second kappa shape index (κ2) is 8.10. The highest BCUT2D eigenvalue weighted by atomic mass is 16.3. The second-order valence-corrected chi connectivity index (χ2v) is 6.01. The van der Waals surface area contributed by atoms with Gasteiger partial charge >= 0.3 is 0 Å². The first-order chi connectivity index (χ1) is 10.2. The molecule has 0 radical (unpaired) electrons. The van der Waals surface area contributed by atoms with Gasteiger partial charge in [0.05, 0.1) is 6.10 Å². The van der Waals surface area contributed by atoms with Crippen molar-refractivity contribution in [3.05, 3.63) is 30.1 Å². The van der Waals surface area contributed by atoms with Crippen LogP contribution in [0.4, 0.5) is 0 Å². The summed E-state index contributed by atoms with van der Waals surface area (Å²) in [6.07, 6.45) is 8.68. The number of carbonyl (C=O) groups is 1. The summed E-state index contributed by atoms with van der Waals surface area (Å²) in [5, 5.41) is 17.1. The Morgan fingerprint density at radius 1 is 1.29 bits per heavy atom. The Morgan fingerprint density at radius 3 is 2.52 bits per heavy atom. The van der Waals surface area contributed by atoms with Crippen LogP contribution in [0, 0.1) is 11.8 Å². The summed E-state index contributed by atoms with van der Waals surface area (Å²) >= 11 is 0. The summed E-state index contributed by atoms with van der Waals surface area (Å²) < 4.78 is 0. The Labute approximate surface area is 125 Å². The Hall–Kier alpha value is -1.46. The molecule has 0 bridgehead atoms. The van der Waals surface area contributed by atoms with Crippen LogP contribution >= 0.6 is 0 Å². The Bertz CT molecular complexity index is 423. The molecule has 2 aliphatic rings. The van der Waals surface area contributed by atoms with Gasteiger partial charge in [0, 0.05) is 37.9 Å². The predicted octanol–water partition coefficient (Wildman–Crippen LogP) is 1.42. The van der Waals surface area contributed by atoms with Crippen LogP contribution in [0.15, 0.2) is 24.5 Å². The van der Waals surface area contributed by atoms with Gasteiger partial charge in [-0.05, 0) is 42.9 Å². The number of β-amino-alcohol motifs (C(OH)–C–C–N with tert-alkyl or cyclic N) is 1. The van der Waals surface area contributed by atoms with Crippen LogP contribution in [0.25, 0.3) is 0 Å². The monoisotopic (exact) mass is 292 g/mol. The molecule has 3 rings (SSSR count). The fraction of sp³-hybridized carbons (Fsp3) is 0.625. The molecule has 0 aromatic carbocycles. The van der Waals surface area contributed by atoms with Crippen LogP contribution in [0.2, 0.25) is 0 Å². The summed E-state index contributed by atoms with van der Waals surface area (Å²) in [6, 6.07) is 4.11. The quantitative estimate of drug-likeness (QED) is 0.821. The van der Waals surface area contributed by atoms with Crippen molar-refractivity contribution in [2.45, 2.75) is 31.8 Å². The van der Waals surface area contributed by atoms with E-state index in [1.807, 2.05) is 12.4 Å². The van der Waals surface area contributed by atoms with Gasteiger partial charge in [-0.15, -0.1) is 0 Å². The molecule has 1 saturated heterocycles. The SMILES string of the molecule is O=CO.O[C@H]1CN(CC2CCC2)C[C@H]1Cc1ccncc1. The maximum Gasteiger partial charge on any atom is 0.290 e. The van der Waals surface area contributed by atoms with Crippen LogP contribution in [-0.4, -0.2) is 52.3 Å². The van der Waals surface area contributed by atoms with E-state index in [4.69, 9.17) is 9.90 Å². The van der Waals surface area contributed by atoms with E-state index in [0.29, 0.717) is 5.92 Å². The molecule has 1 aromatic heterocycles. The number of hydrogen-bond donors (Lipinski definition) is 2. The predicted molar refractivity (Wildman–Crippen MR) is 79.9 cm³/mol. The molecule has 0 amide bonds. The van der Waals surface area contributed by atoms with Gasteiger partial charge in [-0.2, -0.15) is 0 Å². The lowest BCUT2D eigenvalue weighted by Crippen LogP contribution is -2.31. The number of pyridine rings is 1. The Morgan fingerprint density at radius 2 is 1.95 bits per heavy atom. The van der Waals surface area contributed by atoms with Crippen LogP contribution in [-0.2, 0) is 11.2 Å². The third-order valence-corrected chi connectivity index (χ3v) is 4.47. The molecule has 2 heterocycles. The number of aliphatic hydroxyl groups excluding tert-OH is 1. The molecule has 0 unspecified atom stereocenters. The number of aromatic nitrogens is 1. The highest BCUT2D eigenvalue weighted by Gasteiger charge is 2.33. The third-order valence-electron chi connectivity index (χ3n) is 4.47. The lowest BCUT2D eigenvalue weighted by atomic mass is 9.85. The Kier molecular flexibility index (Phi) is 6.14. The minimum atomic E-state index is -0.250. The molecule has 0 spiro atoms. The van der Waals surface area contributed by atoms with Crippen molar-refractivity contribution in [2.24, 2.45) is 11.8 Å². The van der Waals surface area contributed by atoms with Crippen molar-refractivity contribution in [3.8, 4) is 0 Å². The maximum absolute atomic E-state index is 10.2. The van der Waals surface area contributed by atoms with E-state index in [2.05, 4.69) is 22.0 Å². The first-order valence-electron chi connectivity index (χ1n) is 7.60. The number of carboxylic acid groups (broad SMARTS) is 1. The minimum Gasteiger partial charge on any atom is -0.483 e. The molecule has 5 nitrogen and oxygen atoms in total. The number of hydrogen-bond acceptors (Lipinski definition) is 4. The number of rotatable bonds is 4. The first-order valence-corrected chi connectivity index (χ1v) is 7.60. The van der Waals surface area contributed by atoms with Crippen molar-refractivity contribution < 1.29 is 15.0 Å². The maximum atomic E-state index is 10.2. The molecular formula is C16H24N2O3. The topological polar surface area (TPSA) is 73.7 Å². The zero-order valence-electron chi connectivity index (χ0n) is 12.3. The molecule has 2 fully saturated rings. The number of nitrogens with zero attached hydrogens (tertiary/aromatic N) is 2. The van der Waals surface area contributed by atoms with E-state index in [1.165, 1.54) is 31.4 Å². The molecular weight excluding hydrogens is 268 g/mol. The zero-order chi connectivity index (χ0) is 15.1. The lowest BCUT2D eigenvalue weighted by Gasteiger charge is -2.29. The van der Waals surface area contributed by atoms with Crippen molar-refractivity contribution in [1.29, 1.82) is 0 Å². The summed E-state index contributed by atoms with van der Waals surface area (Å²) in [6.45, 7) is 2.87. The molecule has 5 heteroatoms. The zero-order valence-corrected chi connectivity index (χ0v) is 12.3. The molecule has 116 valence electrons. The third kappa shape index (κ3) is 4.79. The lowest BCUT2D eigenvalue weighted by molar-refractivity contribution is -0.122. The smallest absolute Gasteiger partial charge is 0.290 e. The molecule has 1 saturated carbocycles. The number of likely N-dealkylation sites (tertiary alicyclic amines) is 1. The van der Waals surface area contributed by atoms with Gasteiger partial charge in [0.1, 0.15) is 0 Å². The Balaban J connectivity index is 0.000000497. The van der Waals surface area contributed by atoms with Crippen molar-refractivity contribution in [2.75, 3.05) is 19.6 Å². The van der Waals surface area contributed by atoms with Gasteiger partial charge in [0.15, 0.2) is 0 Å². The highest BCUT2D eigenvalue weighted by Crippen LogP contribution is 2.30. The molecule has 2 N–H and O–H groups in total. The fourth-order valence-electron chi connectivity index (χ4n) is 3.15. The molecule has 1 aromatic rings. The van der Waals surface area contributed by atoms with Gasteiger partial charge in [-0.1, -0.05) is 6.42 Å². The first kappa shape index (κ1) is 15.9. The van der Waals surface area contributed by atoms with Crippen LogP contribution in [0.5, 0.6) is 0 Å². The van der Waals surface area contributed by atoms with Crippen molar-refractivity contribution >= 4 is 6.47 Å². The largest absolute Gasteiger partial charge is 0.483 e. The van der Waals surface area contributed by atoms with Gasteiger partial charge in [0.2, 0.25) is 0 Å². The van der Waals surface area contributed by atoms with Crippen molar-refractivity contribution in [3.63, 3.8) is 0 Å². The van der Waals surface area contributed by atoms with E-state index >= 15 is 0 Å². The molecule has 1 aliphatic heterocycles. The van der Waals surface area contributed by atoms with Crippen LogP contribution in [0.1, 0.15) is 24.8 Å². The van der Waals surface area contributed by atoms with Crippen LogP contribution < -0.4 is 0 Å². The van der Waals surface area contributed by atoms with Gasteiger partial charge < -0.3 is 15.1 Å². The van der Waals surface area contributed by atoms with E-state index in [1.54, 1.807) is 0 Å². The standard InChI is InChI=1S/C15H22N2O.CH2O2/c18-15-11-17(9-13-2-1-3-13)10-14(15)8-12-4-6-16-7-5-12;2-1-3/h4-7,13-15,18H,1-3,8-11H2;1H,(H,2,3)/t14-,15+;/m1./s1. The molecule has 2 atom stereocenters. The van der Waals surface area contributed by atoms with Gasteiger partial charge in [-0.3, -0.25) is 9.78 Å². The average Bonchev–Trinajstić information content (AvgIpc) is 2.77. The highest BCUT2D eigenvalue weighted by molar-refractivity contribution is 5.32. The normalized spacial score (nSPS) is 25.8. The minimum absolute atomic E-state index is 0.154. The summed E-state index contributed by atoms with van der Waals surface area (Å²) in [7, 11) is 0. The van der Waals surface area contributed by atoms with E-state index in [0.717, 1.165) is 25.4 Å². The average molecular weight is 292 g/mol. The molecule has 1 aliphatic carbocycles. The van der Waals surface area contributed by atoms with Crippen molar-refractivity contribution in [1.82, 2.24) is 9.88 Å². The van der Waals surface area contributed by atoms with E-state index in [-0.39, 0.29) is 12.6 Å². The van der Waals surface area contributed by atoms with E-state index < -0.39 is 0 Å². The van der Waals surface area contributed by atoms with Gasteiger partial charge in [-0.25, -0.2) is 0 Å². The second-order valence-electron chi connectivity index (χ2n) is 6.01. The molecule has 21 heavy (non-hydrogen) atoms. The van der Waals surface area contributed by atoms with Gasteiger partial charge in [0.25, 0.3) is 6.47 Å². The summed E-state index contributed by atoms with van der Waals surface area (Å²) in [5.74, 6) is 1.30. The van der Waals surface area contributed by atoms with Crippen LogP contribution in [0.3, 0.4) is 0 Å². The fourth-order valence-corrected chi connectivity index (χ4v) is 3.15. The summed E-state index contributed by atoms with van der Waals surface area (Å²) in [4.78, 5) is 14.9. The number of aliphatic hydroxyl groups is 1. The van der Waals surface area contributed by atoms with E-state index in [9.17, 15) is 5.11 Å².